The summed E-state index contributed by atoms with van der Waals surface area (Å²) in [5.41, 5.74) is 0.614. The van der Waals surface area contributed by atoms with Crippen LogP contribution in [0.1, 0.15) is 32.1 Å². The highest BCUT2D eigenvalue weighted by molar-refractivity contribution is 6.22. The first-order chi connectivity index (χ1) is 13.2. The standard InChI is InChI=1S/C22H24N2O3/c25-21-16-20(23-14-6-1-2-7-15-23)22(26)24(21)17-10-12-19(13-11-17)27-18-8-4-3-5-9-18/h3-5,8-13,20H,1-2,6-7,14-16H2. The normalized spacial score (nSPS) is 21.3. The maximum Gasteiger partial charge on any atom is 0.251 e. The van der Waals surface area contributed by atoms with Crippen LogP contribution in [-0.4, -0.2) is 35.8 Å². The predicted molar refractivity (Wildman–Crippen MR) is 104 cm³/mol. The second-order valence-electron chi connectivity index (χ2n) is 7.15. The van der Waals surface area contributed by atoms with Crippen LogP contribution in [0.4, 0.5) is 5.69 Å². The average molecular weight is 364 g/mol. The number of carbonyl (C=O) groups is 2. The van der Waals surface area contributed by atoms with Gasteiger partial charge in [0.05, 0.1) is 18.2 Å². The Balaban J connectivity index is 1.47. The molecule has 1 atom stereocenters. The molecule has 0 aliphatic carbocycles. The number of nitrogens with zero attached hydrogens (tertiary/aromatic N) is 2. The number of hydrogen-bond acceptors (Lipinski definition) is 4. The number of anilines is 1. The summed E-state index contributed by atoms with van der Waals surface area (Å²) in [6, 6.07) is 16.3. The van der Waals surface area contributed by atoms with Crippen LogP contribution in [0.2, 0.25) is 0 Å². The van der Waals surface area contributed by atoms with E-state index in [9.17, 15) is 9.59 Å². The highest BCUT2D eigenvalue weighted by atomic mass is 16.5. The van der Waals surface area contributed by atoms with Gasteiger partial charge in [-0.25, -0.2) is 4.90 Å². The summed E-state index contributed by atoms with van der Waals surface area (Å²) >= 11 is 0. The largest absolute Gasteiger partial charge is 0.457 e. The molecule has 140 valence electrons. The third-order valence-corrected chi connectivity index (χ3v) is 5.28. The maximum absolute atomic E-state index is 12.9. The van der Waals surface area contributed by atoms with Crippen LogP contribution in [0.3, 0.4) is 0 Å². The second kappa shape index (κ2) is 7.92. The van der Waals surface area contributed by atoms with Crippen LogP contribution in [0.5, 0.6) is 11.5 Å². The second-order valence-corrected chi connectivity index (χ2v) is 7.15. The van der Waals surface area contributed by atoms with E-state index in [1.165, 1.54) is 17.7 Å². The molecule has 2 fully saturated rings. The summed E-state index contributed by atoms with van der Waals surface area (Å²) < 4.78 is 5.78. The molecule has 0 radical (unpaired) electrons. The molecular weight excluding hydrogens is 340 g/mol. The molecule has 0 aromatic heterocycles. The van der Waals surface area contributed by atoms with Gasteiger partial charge in [0.15, 0.2) is 0 Å². The molecule has 5 nitrogen and oxygen atoms in total. The van der Waals surface area contributed by atoms with Crippen molar-refractivity contribution in [2.24, 2.45) is 0 Å². The van der Waals surface area contributed by atoms with E-state index in [1.54, 1.807) is 24.3 Å². The van der Waals surface area contributed by atoms with E-state index in [2.05, 4.69) is 4.90 Å². The van der Waals surface area contributed by atoms with Gasteiger partial charge in [-0.2, -0.15) is 0 Å². The van der Waals surface area contributed by atoms with Gasteiger partial charge < -0.3 is 4.74 Å². The van der Waals surface area contributed by atoms with Crippen LogP contribution in [-0.2, 0) is 9.59 Å². The lowest BCUT2D eigenvalue weighted by molar-refractivity contribution is -0.122. The highest BCUT2D eigenvalue weighted by Gasteiger charge is 2.42. The topological polar surface area (TPSA) is 49.9 Å². The van der Waals surface area contributed by atoms with Gasteiger partial charge in [-0.1, -0.05) is 31.0 Å². The first kappa shape index (κ1) is 17.7. The molecule has 1 unspecified atom stereocenters. The molecule has 2 aromatic carbocycles. The minimum Gasteiger partial charge on any atom is -0.457 e. The fraction of sp³-hybridized carbons (Fsp3) is 0.364. The summed E-state index contributed by atoms with van der Waals surface area (Å²) in [7, 11) is 0. The van der Waals surface area contributed by atoms with Gasteiger partial charge in [0, 0.05) is 0 Å². The van der Waals surface area contributed by atoms with E-state index in [0.29, 0.717) is 11.4 Å². The average Bonchev–Trinajstić information content (AvgIpc) is 2.87. The van der Waals surface area contributed by atoms with E-state index in [-0.39, 0.29) is 24.3 Å². The molecule has 2 aliphatic heterocycles. The van der Waals surface area contributed by atoms with Crippen molar-refractivity contribution < 1.29 is 14.3 Å². The number of hydrogen-bond donors (Lipinski definition) is 0. The van der Waals surface area contributed by atoms with Gasteiger partial charge in [0.25, 0.3) is 5.91 Å². The zero-order valence-electron chi connectivity index (χ0n) is 15.3. The molecule has 2 heterocycles. The van der Waals surface area contributed by atoms with Gasteiger partial charge in [-0.05, 0) is 62.3 Å². The fourth-order valence-corrected chi connectivity index (χ4v) is 3.87. The van der Waals surface area contributed by atoms with Crippen LogP contribution in [0.25, 0.3) is 0 Å². The van der Waals surface area contributed by atoms with Crippen LogP contribution < -0.4 is 9.64 Å². The minimum atomic E-state index is -0.309. The summed E-state index contributed by atoms with van der Waals surface area (Å²) in [6.45, 7) is 1.81. The lowest BCUT2D eigenvalue weighted by Gasteiger charge is -2.25. The minimum absolute atomic E-state index is 0.0985. The van der Waals surface area contributed by atoms with E-state index < -0.39 is 0 Å². The van der Waals surface area contributed by atoms with E-state index >= 15 is 0 Å². The maximum atomic E-state index is 12.9. The first-order valence-electron chi connectivity index (χ1n) is 9.66. The molecule has 4 rings (SSSR count). The first-order valence-corrected chi connectivity index (χ1v) is 9.66. The van der Waals surface area contributed by atoms with E-state index in [0.717, 1.165) is 31.7 Å². The number of para-hydroxylation sites is 1. The summed E-state index contributed by atoms with van der Waals surface area (Å²) in [5.74, 6) is 1.21. The van der Waals surface area contributed by atoms with Gasteiger partial charge in [0.2, 0.25) is 5.91 Å². The summed E-state index contributed by atoms with van der Waals surface area (Å²) in [5, 5.41) is 0. The lowest BCUT2D eigenvalue weighted by Crippen LogP contribution is -2.42. The number of rotatable bonds is 4. The smallest absolute Gasteiger partial charge is 0.251 e. The van der Waals surface area contributed by atoms with Crippen molar-refractivity contribution in [2.45, 2.75) is 38.1 Å². The van der Waals surface area contributed by atoms with Gasteiger partial charge >= 0.3 is 0 Å². The monoisotopic (exact) mass is 364 g/mol. The Morgan fingerprint density at radius 2 is 1.41 bits per heavy atom. The zero-order valence-corrected chi connectivity index (χ0v) is 15.3. The highest BCUT2D eigenvalue weighted by Crippen LogP contribution is 2.29. The molecule has 0 spiro atoms. The number of amides is 2. The molecule has 0 saturated carbocycles. The molecule has 2 aromatic rings. The Hall–Kier alpha value is -2.66. The van der Waals surface area contributed by atoms with Crippen molar-refractivity contribution in [1.82, 2.24) is 4.90 Å². The number of likely N-dealkylation sites (tertiary alicyclic amines) is 1. The molecule has 2 saturated heterocycles. The third-order valence-electron chi connectivity index (χ3n) is 5.28. The SMILES string of the molecule is O=C1CC(N2CCCCCC2)C(=O)N1c1ccc(Oc2ccccc2)cc1. The molecule has 5 heteroatoms. The molecular formula is C22H24N2O3. The summed E-state index contributed by atoms with van der Waals surface area (Å²) in [4.78, 5) is 29.0. The van der Waals surface area contributed by atoms with Gasteiger partial charge in [0.1, 0.15) is 11.5 Å². The number of imide groups is 1. The molecule has 0 bridgehead atoms. The molecule has 2 aliphatic rings. The van der Waals surface area contributed by atoms with Crippen molar-refractivity contribution in [2.75, 3.05) is 18.0 Å². The number of carbonyl (C=O) groups excluding carboxylic acids is 2. The van der Waals surface area contributed by atoms with Crippen molar-refractivity contribution in [3.63, 3.8) is 0 Å². The van der Waals surface area contributed by atoms with Crippen LogP contribution in [0, 0.1) is 0 Å². The van der Waals surface area contributed by atoms with Crippen molar-refractivity contribution in [1.29, 1.82) is 0 Å². The Morgan fingerprint density at radius 3 is 2.07 bits per heavy atom. The van der Waals surface area contributed by atoms with Crippen LogP contribution >= 0.6 is 0 Å². The predicted octanol–water partition coefficient (Wildman–Crippen LogP) is 3.99. The molecule has 27 heavy (non-hydrogen) atoms. The zero-order chi connectivity index (χ0) is 18.6. The quantitative estimate of drug-likeness (QED) is 0.770. The third kappa shape index (κ3) is 3.88. The van der Waals surface area contributed by atoms with Crippen molar-refractivity contribution in [3.8, 4) is 11.5 Å². The lowest BCUT2D eigenvalue weighted by atomic mass is 10.2. The van der Waals surface area contributed by atoms with Crippen LogP contribution in [0.15, 0.2) is 54.6 Å². The van der Waals surface area contributed by atoms with Gasteiger partial charge in [-0.3, -0.25) is 14.5 Å². The number of ether oxygens (including phenoxy) is 1. The Morgan fingerprint density at radius 1 is 0.778 bits per heavy atom. The Bertz CT molecular complexity index is 796. The van der Waals surface area contributed by atoms with Gasteiger partial charge in [-0.15, -0.1) is 0 Å². The van der Waals surface area contributed by atoms with E-state index in [1.807, 2.05) is 30.3 Å². The summed E-state index contributed by atoms with van der Waals surface area (Å²) in [6.07, 6.45) is 4.89. The van der Waals surface area contributed by atoms with Crippen molar-refractivity contribution in [3.05, 3.63) is 54.6 Å². The molecule has 0 N–H and O–H groups in total. The van der Waals surface area contributed by atoms with Crippen molar-refractivity contribution >= 4 is 17.5 Å². The Kier molecular flexibility index (Phi) is 5.21. The Labute approximate surface area is 159 Å². The van der Waals surface area contributed by atoms with E-state index in [4.69, 9.17) is 4.74 Å². The number of benzene rings is 2. The molecule has 2 amide bonds. The fourth-order valence-electron chi connectivity index (χ4n) is 3.87.